The summed E-state index contributed by atoms with van der Waals surface area (Å²) in [6, 6.07) is 15.7. The molecule has 1 N–H and O–H groups in total. The zero-order valence-electron chi connectivity index (χ0n) is 12.9. The largest absolute Gasteiger partial charge is 0.340 e. The van der Waals surface area contributed by atoms with E-state index in [-0.39, 0.29) is 4.90 Å². The van der Waals surface area contributed by atoms with Gasteiger partial charge < -0.3 is 5.32 Å². The molecule has 0 unspecified atom stereocenters. The van der Waals surface area contributed by atoms with Gasteiger partial charge >= 0.3 is 0 Å². The van der Waals surface area contributed by atoms with Crippen molar-refractivity contribution in [2.24, 2.45) is 4.40 Å². The van der Waals surface area contributed by atoms with Crippen molar-refractivity contribution in [2.75, 3.05) is 5.32 Å². The summed E-state index contributed by atoms with van der Waals surface area (Å²) in [7, 11) is -3.72. The molecule has 3 rings (SSSR count). The number of hydrogen-bond acceptors (Lipinski definition) is 5. The molecule has 7 heteroatoms. The summed E-state index contributed by atoms with van der Waals surface area (Å²) < 4.78 is 28.7. The standard InChI is InChI=1S/C17H15N3O2S2/c1-13(16-5-4-12-23-16)20-24(21,22)15-9-7-14(8-10-15)19-17-6-2-3-11-18-17/h2-12H,1H3,(H,18,19)/b20-13+. The molecule has 0 bridgehead atoms. The lowest BCUT2D eigenvalue weighted by molar-refractivity contribution is 0.598. The predicted octanol–water partition coefficient (Wildman–Crippen LogP) is 4.08. The Hall–Kier alpha value is -2.51. The van der Waals surface area contributed by atoms with E-state index in [1.165, 1.54) is 23.5 Å². The van der Waals surface area contributed by atoms with Crippen LogP contribution in [-0.4, -0.2) is 19.1 Å². The molecule has 0 aliphatic carbocycles. The van der Waals surface area contributed by atoms with Gasteiger partial charge in [-0.3, -0.25) is 0 Å². The average Bonchev–Trinajstić information content (AvgIpc) is 3.11. The number of nitrogens with zero attached hydrogens (tertiary/aromatic N) is 2. The summed E-state index contributed by atoms with van der Waals surface area (Å²) in [5.41, 5.74) is 1.24. The number of benzene rings is 1. The quantitative estimate of drug-likeness (QED) is 0.698. The van der Waals surface area contributed by atoms with Crippen molar-refractivity contribution in [1.82, 2.24) is 4.98 Å². The summed E-state index contributed by atoms with van der Waals surface area (Å²) in [6.07, 6.45) is 1.68. The van der Waals surface area contributed by atoms with Crippen molar-refractivity contribution in [2.45, 2.75) is 11.8 Å². The zero-order chi connectivity index (χ0) is 17.0. The molecular formula is C17H15N3O2S2. The third-order valence-corrected chi connectivity index (χ3v) is 5.59. The van der Waals surface area contributed by atoms with Gasteiger partial charge in [-0.15, -0.1) is 11.3 Å². The first-order chi connectivity index (χ1) is 11.5. The van der Waals surface area contributed by atoms with Gasteiger partial charge in [0.25, 0.3) is 10.0 Å². The number of pyridine rings is 1. The minimum atomic E-state index is -3.72. The number of aromatic nitrogens is 1. The van der Waals surface area contributed by atoms with Crippen LogP contribution in [0.3, 0.4) is 0 Å². The second-order valence-corrected chi connectivity index (χ2v) is 7.55. The monoisotopic (exact) mass is 357 g/mol. The molecule has 0 saturated carbocycles. The molecule has 122 valence electrons. The molecular weight excluding hydrogens is 342 g/mol. The minimum Gasteiger partial charge on any atom is -0.340 e. The van der Waals surface area contributed by atoms with Crippen LogP contribution in [0.5, 0.6) is 0 Å². The van der Waals surface area contributed by atoms with Crippen LogP contribution in [0, 0.1) is 0 Å². The van der Waals surface area contributed by atoms with Crippen LogP contribution in [0.25, 0.3) is 0 Å². The van der Waals surface area contributed by atoms with Crippen molar-refractivity contribution in [1.29, 1.82) is 0 Å². The Bertz CT molecular complexity index is 933. The Morgan fingerprint density at radius 3 is 2.50 bits per heavy atom. The maximum atomic E-state index is 12.4. The van der Waals surface area contributed by atoms with Crippen LogP contribution in [-0.2, 0) is 10.0 Å². The lowest BCUT2D eigenvalue weighted by Crippen LogP contribution is -2.02. The molecule has 0 spiro atoms. The number of rotatable bonds is 5. The van der Waals surface area contributed by atoms with Gasteiger partial charge in [0, 0.05) is 16.8 Å². The minimum absolute atomic E-state index is 0.157. The van der Waals surface area contributed by atoms with Gasteiger partial charge in [0.2, 0.25) is 0 Å². The van der Waals surface area contributed by atoms with Crippen molar-refractivity contribution in [3.63, 3.8) is 0 Å². The smallest absolute Gasteiger partial charge is 0.282 e. The van der Waals surface area contributed by atoms with E-state index in [9.17, 15) is 8.42 Å². The molecule has 0 atom stereocenters. The summed E-state index contributed by atoms with van der Waals surface area (Å²) >= 11 is 1.46. The molecule has 0 fully saturated rings. The highest BCUT2D eigenvalue weighted by Gasteiger charge is 2.14. The van der Waals surface area contributed by atoms with E-state index in [1.807, 2.05) is 35.7 Å². The lowest BCUT2D eigenvalue weighted by Gasteiger charge is -2.06. The molecule has 2 aromatic heterocycles. The Labute approximate surface area is 144 Å². The maximum absolute atomic E-state index is 12.4. The number of sulfonamides is 1. The van der Waals surface area contributed by atoms with Gasteiger partial charge in [0.1, 0.15) is 5.82 Å². The number of thiophene rings is 1. The number of anilines is 2. The summed E-state index contributed by atoms with van der Waals surface area (Å²) in [5, 5.41) is 4.99. The topological polar surface area (TPSA) is 71.4 Å². The first-order valence-electron chi connectivity index (χ1n) is 7.18. The van der Waals surface area contributed by atoms with Crippen molar-refractivity contribution in [3.8, 4) is 0 Å². The second kappa shape index (κ2) is 6.94. The molecule has 24 heavy (non-hydrogen) atoms. The Kier molecular flexibility index (Phi) is 4.73. The fourth-order valence-electron chi connectivity index (χ4n) is 2.06. The average molecular weight is 357 g/mol. The van der Waals surface area contributed by atoms with Crippen molar-refractivity contribution >= 4 is 38.6 Å². The van der Waals surface area contributed by atoms with E-state index in [1.54, 1.807) is 25.3 Å². The van der Waals surface area contributed by atoms with E-state index >= 15 is 0 Å². The van der Waals surface area contributed by atoms with Gasteiger partial charge in [-0.25, -0.2) is 4.98 Å². The Morgan fingerprint density at radius 2 is 1.88 bits per heavy atom. The molecule has 0 saturated heterocycles. The molecule has 1 aromatic carbocycles. The molecule has 3 aromatic rings. The zero-order valence-corrected chi connectivity index (χ0v) is 14.5. The van der Waals surface area contributed by atoms with E-state index in [4.69, 9.17) is 0 Å². The highest BCUT2D eigenvalue weighted by molar-refractivity contribution is 7.90. The number of hydrogen-bond donors (Lipinski definition) is 1. The van der Waals surface area contributed by atoms with Crippen LogP contribution >= 0.6 is 11.3 Å². The SMILES string of the molecule is C/C(=N\S(=O)(=O)c1ccc(Nc2ccccn2)cc1)c1cccs1. The van der Waals surface area contributed by atoms with Gasteiger partial charge in [0.15, 0.2) is 0 Å². The highest BCUT2D eigenvalue weighted by atomic mass is 32.2. The van der Waals surface area contributed by atoms with Gasteiger partial charge in [-0.05, 0) is 54.8 Å². The van der Waals surface area contributed by atoms with Gasteiger partial charge in [-0.1, -0.05) is 12.1 Å². The van der Waals surface area contributed by atoms with E-state index in [0.717, 1.165) is 10.6 Å². The fraction of sp³-hybridized carbons (Fsp3) is 0.0588. The summed E-state index contributed by atoms with van der Waals surface area (Å²) in [6.45, 7) is 1.69. The molecule has 0 aliphatic rings. The van der Waals surface area contributed by atoms with Crippen LogP contribution in [0.15, 0.2) is 75.5 Å². The fourth-order valence-corrected chi connectivity index (χ4v) is 3.84. The van der Waals surface area contributed by atoms with Crippen LogP contribution < -0.4 is 5.32 Å². The van der Waals surface area contributed by atoms with Gasteiger partial charge in [-0.2, -0.15) is 12.8 Å². The van der Waals surface area contributed by atoms with Crippen LogP contribution in [0.4, 0.5) is 11.5 Å². The normalized spacial score (nSPS) is 12.1. The maximum Gasteiger partial charge on any atom is 0.282 e. The highest BCUT2D eigenvalue weighted by Crippen LogP contribution is 2.20. The third kappa shape index (κ3) is 3.87. The molecule has 0 aliphatic heterocycles. The van der Waals surface area contributed by atoms with E-state index < -0.39 is 10.0 Å². The van der Waals surface area contributed by atoms with E-state index in [2.05, 4.69) is 14.7 Å². The third-order valence-electron chi connectivity index (χ3n) is 3.22. The first-order valence-corrected chi connectivity index (χ1v) is 9.50. The lowest BCUT2D eigenvalue weighted by atomic mass is 10.3. The predicted molar refractivity (Wildman–Crippen MR) is 97.7 cm³/mol. The summed E-state index contributed by atoms with van der Waals surface area (Å²) in [4.78, 5) is 5.16. The van der Waals surface area contributed by atoms with Crippen molar-refractivity contribution < 1.29 is 8.42 Å². The Morgan fingerprint density at radius 1 is 1.08 bits per heavy atom. The summed E-state index contributed by atoms with van der Waals surface area (Å²) in [5.74, 6) is 0.694. The molecule has 2 heterocycles. The van der Waals surface area contributed by atoms with Gasteiger partial charge in [0.05, 0.1) is 10.6 Å². The second-order valence-electron chi connectivity index (χ2n) is 4.99. The van der Waals surface area contributed by atoms with Crippen LogP contribution in [0.2, 0.25) is 0 Å². The van der Waals surface area contributed by atoms with E-state index in [0.29, 0.717) is 11.5 Å². The van der Waals surface area contributed by atoms with Crippen molar-refractivity contribution in [3.05, 3.63) is 71.1 Å². The number of nitrogens with one attached hydrogen (secondary N) is 1. The Balaban J connectivity index is 1.81. The first kappa shape index (κ1) is 16.4. The molecule has 0 amide bonds. The molecule has 5 nitrogen and oxygen atoms in total. The molecule has 0 radical (unpaired) electrons. The van der Waals surface area contributed by atoms with Crippen LogP contribution in [0.1, 0.15) is 11.8 Å².